The summed E-state index contributed by atoms with van der Waals surface area (Å²) in [4.78, 5) is 24.0. The van der Waals surface area contributed by atoms with Crippen molar-refractivity contribution in [3.05, 3.63) is 35.6 Å². The number of rotatable bonds is 3. The molecular weight excluding hydrogens is 249 g/mol. The van der Waals surface area contributed by atoms with Gasteiger partial charge in [-0.3, -0.25) is 9.59 Å². The summed E-state index contributed by atoms with van der Waals surface area (Å²) in [5, 5.41) is 2.99. The minimum Gasteiger partial charge on any atom is -0.465 e. The van der Waals surface area contributed by atoms with E-state index >= 15 is 0 Å². The fraction of sp³-hybridized carbons (Fsp3) is 0.429. The highest BCUT2D eigenvalue weighted by molar-refractivity contribution is 6.03. The molecule has 2 rings (SSSR count). The topological polar surface area (TPSA) is 55.4 Å². The number of ketones is 1. The fourth-order valence-corrected chi connectivity index (χ4v) is 2.28. The Kier molecular flexibility index (Phi) is 4.27. The average Bonchev–Trinajstić information content (AvgIpc) is 2.40. The molecule has 1 N–H and O–H groups in total. The molecule has 1 aliphatic heterocycles. The van der Waals surface area contributed by atoms with Crippen LogP contribution in [0, 0.1) is 11.7 Å². The standard InChI is InChI=1S/C14H16FNO3/c1-2-19-14(18)11-8-16-7-10(13(11)17)9-5-3-4-6-12(9)15/h3-6,10-11,16H,2,7-8H2,1H3. The van der Waals surface area contributed by atoms with E-state index in [2.05, 4.69) is 5.32 Å². The van der Waals surface area contributed by atoms with Crippen LogP contribution in [0.15, 0.2) is 24.3 Å². The summed E-state index contributed by atoms with van der Waals surface area (Å²) in [6.07, 6.45) is 0. The summed E-state index contributed by atoms with van der Waals surface area (Å²) in [6.45, 7) is 2.51. The van der Waals surface area contributed by atoms with Gasteiger partial charge in [0.2, 0.25) is 0 Å². The van der Waals surface area contributed by atoms with Crippen LogP contribution in [-0.2, 0) is 14.3 Å². The van der Waals surface area contributed by atoms with E-state index in [1.807, 2.05) is 0 Å². The predicted octanol–water partition coefficient (Wildman–Crippen LogP) is 1.26. The van der Waals surface area contributed by atoms with E-state index in [1.165, 1.54) is 6.07 Å². The molecule has 1 saturated heterocycles. The second-order valence-electron chi connectivity index (χ2n) is 4.44. The molecule has 0 saturated carbocycles. The van der Waals surface area contributed by atoms with Crippen molar-refractivity contribution >= 4 is 11.8 Å². The molecule has 1 heterocycles. The molecule has 4 nitrogen and oxygen atoms in total. The second-order valence-corrected chi connectivity index (χ2v) is 4.44. The van der Waals surface area contributed by atoms with E-state index in [-0.39, 0.29) is 18.9 Å². The van der Waals surface area contributed by atoms with Gasteiger partial charge in [0.25, 0.3) is 0 Å². The van der Waals surface area contributed by atoms with Crippen LogP contribution in [0.1, 0.15) is 18.4 Å². The van der Waals surface area contributed by atoms with Gasteiger partial charge < -0.3 is 10.1 Å². The van der Waals surface area contributed by atoms with Gasteiger partial charge in [0.15, 0.2) is 5.78 Å². The Labute approximate surface area is 110 Å². The van der Waals surface area contributed by atoms with Gasteiger partial charge in [-0.05, 0) is 18.6 Å². The van der Waals surface area contributed by atoms with Gasteiger partial charge in [0.05, 0.1) is 12.5 Å². The molecule has 0 aromatic heterocycles. The molecule has 5 heteroatoms. The highest BCUT2D eigenvalue weighted by atomic mass is 19.1. The second kappa shape index (κ2) is 5.93. The Morgan fingerprint density at radius 3 is 2.84 bits per heavy atom. The van der Waals surface area contributed by atoms with E-state index in [0.717, 1.165) is 0 Å². The Morgan fingerprint density at radius 1 is 1.42 bits per heavy atom. The minimum absolute atomic E-state index is 0.229. The molecular formula is C14H16FNO3. The van der Waals surface area contributed by atoms with Gasteiger partial charge >= 0.3 is 5.97 Å². The largest absolute Gasteiger partial charge is 0.465 e. The van der Waals surface area contributed by atoms with Gasteiger partial charge in [0, 0.05) is 13.1 Å². The molecule has 0 aliphatic carbocycles. The number of esters is 1. The maximum Gasteiger partial charge on any atom is 0.317 e. The van der Waals surface area contributed by atoms with Crippen molar-refractivity contribution < 1.29 is 18.7 Å². The lowest BCUT2D eigenvalue weighted by atomic mass is 9.84. The molecule has 19 heavy (non-hydrogen) atoms. The highest BCUT2D eigenvalue weighted by Crippen LogP contribution is 2.25. The molecule has 1 aromatic carbocycles. The first kappa shape index (κ1) is 13.7. The van der Waals surface area contributed by atoms with Crippen molar-refractivity contribution in [1.82, 2.24) is 5.32 Å². The number of halogens is 1. The van der Waals surface area contributed by atoms with E-state index in [4.69, 9.17) is 4.74 Å². The van der Waals surface area contributed by atoms with Crippen molar-refractivity contribution in [1.29, 1.82) is 0 Å². The third-order valence-corrected chi connectivity index (χ3v) is 3.24. The molecule has 1 aromatic rings. The summed E-state index contributed by atoms with van der Waals surface area (Å²) in [6, 6.07) is 6.14. The molecule has 1 aliphatic rings. The van der Waals surface area contributed by atoms with Crippen LogP contribution in [0.25, 0.3) is 0 Å². The fourth-order valence-electron chi connectivity index (χ4n) is 2.28. The lowest BCUT2D eigenvalue weighted by Crippen LogP contribution is -2.46. The van der Waals surface area contributed by atoms with Crippen molar-refractivity contribution in [2.45, 2.75) is 12.8 Å². The number of hydrogen-bond donors (Lipinski definition) is 1. The zero-order valence-electron chi connectivity index (χ0n) is 10.7. The van der Waals surface area contributed by atoms with Crippen LogP contribution in [0.2, 0.25) is 0 Å². The highest BCUT2D eigenvalue weighted by Gasteiger charge is 2.38. The SMILES string of the molecule is CCOC(=O)C1CNCC(c2ccccc2F)C1=O. The van der Waals surface area contributed by atoms with E-state index in [9.17, 15) is 14.0 Å². The first-order valence-electron chi connectivity index (χ1n) is 6.30. The third-order valence-electron chi connectivity index (χ3n) is 3.24. The monoisotopic (exact) mass is 265 g/mol. The summed E-state index contributed by atoms with van der Waals surface area (Å²) < 4.78 is 18.6. The summed E-state index contributed by atoms with van der Waals surface area (Å²) in [7, 11) is 0. The average molecular weight is 265 g/mol. The van der Waals surface area contributed by atoms with Crippen molar-refractivity contribution in [2.75, 3.05) is 19.7 Å². The van der Waals surface area contributed by atoms with Crippen LogP contribution >= 0.6 is 0 Å². The van der Waals surface area contributed by atoms with E-state index < -0.39 is 23.6 Å². The Morgan fingerprint density at radius 2 is 2.16 bits per heavy atom. The van der Waals surface area contributed by atoms with Crippen LogP contribution in [0.4, 0.5) is 4.39 Å². The first-order valence-corrected chi connectivity index (χ1v) is 6.30. The maximum atomic E-state index is 13.7. The van der Waals surface area contributed by atoms with Crippen LogP contribution in [0.3, 0.4) is 0 Å². The molecule has 2 atom stereocenters. The lowest BCUT2D eigenvalue weighted by molar-refractivity contribution is -0.152. The van der Waals surface area contributed by atoms with Gasteiger partial charge in [-0.25, -0.2) is 4.39 Å². The Balaban J connectivity index is 2.21. The minimum atomic E-state index is -0.849. The van der Waals surface area contributed by atoms with Crippen molar-refractivity contribution in [3.8, 4) is 0 Å². The van der Waals surface area contributed by atoms with E-state index in [1.54, 1.807) is 25.1 Å². The molecule has 1 fully saturated rings. The van der Waals surface area contributed by atoms with Crippen LogP contribution in [0.5, 0.6) is 0 Å². The van der Waals surface area contributed by atoms with Gasteiger partial charge in [-0.1, -0.05) is 18.2 Å². The Hall–Kier alpha value is -1.75. The molecule has 2 unspecified atom stereocenters. The molecule has 102 valence electrons. The number of carbonyl (C=O) groups is 2. The zero-order chi connectivity index (χ0) is 13.8. The number of carbonyl (C=O) groups excluding carboxylic acids is 2. The number of ether oxygens (including phenoxy) is 1. The zero-order valence-corrected chi connectivity index (χ0v) is 10.7. The number of nitrogens with one attached hydrogen (secondary N) is 1. The maximum absolute atomic E-state index is 13.7. The number of benzene rings is 1. The summed E-state index contributed by atoms with van der Waals surface area (Å²) in [5.41, 5.74) is 0.328. The molecule has 0 radical (unpaired) electrons. The van der Waals surface area contributed by atoms with Crippen LogP contribution < -0.4 is 5.32 Å². The summed E-state index contributed by atoms with van der Waals surface area (Å²) in [5.74, 6) is -2.72. The van der Waals surface area contributed by atoms with Gasteiger partial charge in [-0.15, -0.1) is 0 Å². The number of hydrogen-bond acceptors (Lipinski definition) is 4. The lowest BCUT2D eigenvalue weighted by Gasteiger charge is -2.27. The van der Waals surface area contributed by atoms with Gasteiger partial charge in [-0.2, -0.15) is 0 Å². The Bertz CT molecular complexity index is 489. The van der Waals surface area contributed by atoms with E-state index in [0.29, 0.717) is 12.1 Å². The third kappa shape index (κ3) is 2.81. The number of Topliss-reactive ketones (excluding diaryl/α,β-unsaturated/α-hetero) is 1. The van der Waals surface area contributed by atoms with Crippen molar-refractivity contribution in [3.63, 3.8) is 0 Å². The quantitative estimate of drug-likeness (QED) is 0.660. The van der Waals surface area contributed by atoms with Gasteiger partial charge in [0.1, 0.15) is 11.7 Å². The normalized spacial score (nSPS) is 23.2. The predicted molar refractivity (Wildman–Crippen MR) is 67.1 cm³/mol. The van der Waals surface area contributed by atoms with Crippen molar-refractivity contribution in [2.24, 2.45) is 5.92 Å². The number of piperidine rings is 1. The van der Waals surface area contributed by atoms with Crippen LogP contribution in [-0.4, -0.2) is 31.4 Å². The molecule has 0 spiro atoms. The molecule has 0 amide bonds. The molecule has 0 bridgehead atoms. The first-order chi connectivity index (χ1) is 9.15. The smallest absolute Gasteiger partial charge is 0.317 e. The summed E-state index contributed by atoms with van der Waals surface area (Å²) >= 11 is 0.